The quantitative estimate of drug-likeness (QED) is 0.593. The summed E-state index contributed by atoms with van der Waals surface area (Å²) in [6, 6.07) is 0. The summed E-state index contributed by atoms with van der Waals surface area (Å²) >= 11 is 0. The third-order valence-electron chi connectivity index (χ3n) is 0.817. The molecule has 0 spiro atoms. The Hall–Kier alpha value is -0.860. The van der Waals surface area contributed by atoms with Gasteiger partial charge in [0.25, 0.3) is 0 Å². The van der Waals surface area contributed by atoms with Crippen molar-refractivity contribution < 1.29 is 14.3 Å². The predicted octanol–water partition coefficient (Wildman–Crippen LogP) is 1.72. The van der Waals surface area contributed by atoms with Crippen LogP contribution in [0.1, 0.15) is 19.8 Å². The van der Waals surface area contributed by atoms with Crippen LogP contribution in [0.2, 0.25) is 0 Å². The van der Waals surface area contributed by atoms with Crippen molar-refractivity contribution in [2.45, 2.75) is 19.8 Å². The molecule has 0 aliphatic carbocycles. The standard InChI is InChI=1S/C6H9FO2/c1-2-3-4-5(7)6(8)9/h4H,2-3H2,1H3,(H,8,9)/b5-4-. The van der Waals surface area contributed by atoms with Gasteiger partial charge in [0.1, 0.15) is 0 Å². The zero-order chi connectivity index (χ0) is 7.28. The summed E-state index contributed by atoms with van der Waals surface area (Å²) in [7, 11) is 0. The number of allylic oxidation sites excluding steroid dienone is 1. The van der Waals surface area contributed by atoms with Crippen molar-refractivity contribution in [1.29, 1.82) is 0 Å². The van der Waals surface area contributed by atoms with Crippen LogP contribution in [0.25, 0.3) is 0 Å². The minimum Gasteiger partial charge on any atom is -0.476 e. The van der Waals surface area contributed by atoms with Gasteiger partial charge in [0, 0.05) is 0 Å². The first-order valence-corrected chi connectivity index (χ1v) is 2.77. The fraction of sp³-hybridized carbons (Fsp3) is 0.500. The molecule has 0 bridgehead atoms. The molecule has 0 unspecified atom stereocenters. The Bertz CT molecular complexity index is 129. The van der Waals surface area contributed by atoms with Crippen LogP contribution in [0.5, 0.6) is 0 Å². The lowest BCUT2D eigenvalue weighted by molar-refractivity contribution is -0.134. The van der Waals surface area contributed by atoms with E-state index in [0.29, 0.717) is 6.42 Å². The normalized spacial score (nSPS) is 11.6. The third kappa shape index (κ3) is 3.70. The Labute approximate surface area is 53.0 Å². The lowest BCUT2D eigenvalue weighted by Gasteiger charge is -1.85. The topological polar surface area (TPSA) is 37.3 Å². The summed E-state index contributed by atoms with van der Waals surface area (Å²) in [6.07, 6.45) is 2.32. The van der Waals surface area contributed by atoms with Crippen LogP contribution in [0, 0.1) is 0 Å². The number of carboxylic acid groups (broad SMARTS) is 1. The van der Waals surface area contributed by atoms with E-state index in [4.69, 9.17) is 5.11 Å². The molecule has 2 nitrogen and oxygen atoms in total. The van der Waals surface area contributed by atoms with Crippen molar-refractivity contribution in [3.05, 3.63) is 11.9 Å². The van der Waals surface area contributed by atoms with Crippen LogP contribution in [-0.2, 0) is 4.79 Å². The molecular formula is C6H9FO2. The van der Waals surface area contributed by atoms with E-state index in [2.05, 4.69) is 0 Å². The highest BCUT2D eigenvalue weighted by Crippen LogP contribution is 1.99. The number of carboxylic acids is 1. The fourth-order valence-corrected chi connectivity index (χ4v) is 0.358. The molecule has 0 aromatic rings. The molecule has 0 aromatic carbocycles. The molecule has 0 saturated heterocycles. The number of unbranched alkanes of at least 4 members (excludes halogenated alkanes) is 1. The molecule has 52 valence electrons. The first-order chi connectivity index (χ1) is 4.18. The second-order valence-electron chi connectivity index (χ2n) is 1.65. The van der Waals surface area contributed by atoms with Gasteiger partial charge >= 0.3 is 5.97 Å². The van der Waals surface area contributed by atoms with Crippen LogP contribution in [-0.4, -0.2) is 11.1 Å². The molecule has 0 fully saturated rings. The summed E-state index contributed by atoms with van der Waals surface area (Å²) < 4.78 is 12.0. The van der Waals surface area contributed by atoms with Crippen molar-refractivity contribution in [2.24, 2.45) is 0 Å². The summed E-state index contributed by atoms with van der Waals surface area (Å²) in [5.74, 6) is -2.54. The van der Waals surface area contributed by atoms with Gasteiger partial charge in [-0.2, -0.15) is 4.39 Å². The largest absolute Gasteiger partial charge is 0.476 e. The Morgan fingerprint density at radius 1 is 1.78 bits per heavy atom. The summed E-state index contributed by atoms with van der Waals surface area (Å²) in [4.78, 5) is 9.76. The Morgan fingerprint density at radius 3 is 2.67 bits per heavy atom. The molecule has 3 heteroatoms. The minimum absolute atomic E-state index is 0.484. The first-order valence-electron chi connectivity index (χ1n) is 2.77. The molecule has 0 saturated carbocycles. The van der Waals surface area contributed by atoms with E-state index in [-0.39, 0.29) is 0 Å². The monoisotopic (exact) mass is 132 g/mol. The summed E-state index contributed by atoms with van der Waals surface area (Å²) in [6.45, 7) is 1.85. The van der Waals surface area contributed by atoms with E-state index in [0.717, 1.165) is 12.5 Å². The first kappa shape index (κ1) is 8.14. The second-order valence-corrected chi connectivity index (χ2v) is 1.65. The Balaban J connectivity index is 3.69. The molecule has 0 aliphatic heterocycles. The molecule has 0 heterocycles. The highest BCUT2D eigenvalue weighted by Gasteiger charge is 2.01. The minimum atomic E-state index is -1.48. The maximum absolute atomic E-state index is 12.0. The highest BCUT2D eigenvalue weighted by atomic mass is 19.1. The van der Waals surface area contributed by atoms with Gasteiger partial charge in [0.2, 0.25) is 5.83 Å². The van der Waals surface area contributed by atoms with E-state index in [1.54, 1.807) is 0 Å². The van der Waals surface area contributed by atoms with Crippen LogP contribution in [0.4, 0.5) is 4.39 Å². The molecule has 9 heavy (non-hydrogen) atoms. The van der Waals surface area contributed by atoms with Crippen LogP contribution in [0.15, 0.2) is 11.9 Å². The van der Waals surface area contributed by atoms with E-state index < -0.39 is 11.8 Å². The van der Waals surface area contributed by atoms with Crippen LogP contribution < -0.4 is 0 Å². The zero-order valence-corrected chi connectivity index (χ0v) is 5.22. The maximum Gasteiger partial charge on any atom is 0.364 e. The smallest absolute Gasteiger partial charge is 0.364 e. The average molecular weight is 132 g/mol. The van der Waals surface area contributed by atoms with Crippen molar-refractivity contribution in [1.82, 2.24) is 0 Å². The van der Waals surface area contributed by atoms with E-state index in [1.165, 1.54) is 0 Å². The number of hydrogen-bond acceptors (Lipinski definition) is 1. The molecular weight excluding hydrogens is 123 g/mol. The lowest BCUT2D eigenvalue weighted by atomic mass is 10.3. The molecule has 0 aromatic heterocycles. The molecule has 1 N–H and O–H groups in total. The van der Waals surface area contributed by atoms with E-state index in [9.17, 15) is 9.18 Å². The second kappa shape index (κ2) is 4.06. The molecule has 0 amide bonds. The number of rotatable bonds is 3. The zero-order valence-electron chi connectivity index (χ0n) is 5.22. The van der Waals surface area contributed by atoms with Crippen molar-refractivity contribution in [2.75, 3.05) is 0 Å². The molecule has 0 atom stereocenters. The van der Waals surface area contributed by atoms with E-state index >= 15 is 0 Å². The van der Waals surface area contributed by atoms with Crippen molar-refractivity contribution >= 4 is 5.97 Å². The van der Waals surface area contributed by atoms with Gasteiger partial charge in [0.05, 0.1) is 0 Å². The maximum atomic E-state index is 12.0. The van der Waals surface area contributed by atoms with Crippen molar-refractivity contribution in [3.8, 4) is 0 Å². The number of aliphatic carboxylic acids is 1. The van der Waals surface area contributed by atoms with Gasteiger partial charge in [-0.25, -0.2) is 4.79 Å². The predicted molar refractivity (Wildman–Crippen MR) is 31.7 cm³/mol. The molecule has 0 radical (unpaired) electrons. The lowest BCUT2D eigenvalue weighted by Crippen LogP contribution is -1.93. The fourth-order valence-electron chi connectivity index (χ4n) is 0.358. The van der Waals surface area contributed by atoms with Crippen LogP contribution >= 0.6 is 0 Å². The highest BCUT2D eigenvalue weighted by molar-refractivity contribution is 5.83. The van der Waals surface area contributed by atoms with Gasteiger partial charge < -0.3 is 5.11 Å². The van der Waals surface area contributed by atoms with Crippen LogP contribution in [0.3, 0.4) is 0 Å². The van der Waals surface area contributed by atoms with Gasteiger partial charge in [-0.1, -0.05) is 13.3 Å². The third-order valence-corrected chi connectivity index (χ3v) is 0.817. The van der Waals surface area contributed by atoms with Gasteiger partial charge in [-0.05, 0) is 12.5 Å². The van der Waals surface area contributed by atoms with Gasteiger partial charge in [-0.15, -0.1) is 0 Å². The number of carbonyl (C=O) groups is 1. The molecule has 0 rings (SSSR count). The Kier molecular flexibility index (Phi) is 3.67. The number of hydrogen-bond donors (Lipinski definition) is 1. The number of halogens is 1. The van der Waals surface area contributed by atoms with Gasteiger partial charge in [0.15, 0.2) is 0 Å². The van der Waals surface area contributed by atoms with Gasteiger partial charge in [-0.3, -0.25) is 0 Å². The summed E-state index contributed by atoms with van der Waals surface area (Å²) in [5.41, 5.74) is 0. The Morgan fingerprint density at radius 2 is 2.33 bits per heavy atom. The van der Waals surface area contributed by atoms with Crippen molar-refractivity contribution in [3.63, 3.8) is 0 Å². The average Bonchev–Trinajstić information content (AvgIpc) is 1.82. The SMILES string of the molecule is CCC/C=C(\F)C(=O)O. The molecule has 0 aliphatic rings. The summed E-state index contributed by atoms with van der Waals surface area (Å²) in [5, 5.41) is 7.97. The van der Waals surface area contributed by atoms with E-state index in [1.807, 2.05) is 6.92 Å².